The van der Waals surface area contributed by atoms with E-state index >= 15 is 0 Å². The predicted molar refractivity (Wildman–Crippen MR) is 64.6 cm³/mol. The summed E-state index contributed by atoms with van der Waals surface area (Å²) in [6.07, 6.45) is -0.364. The van der Waals surface area contributed by atoms with E-state index in [9.17, 15) is 13.2 Å². The summed E-state index contributed by atoms with van der Waals surface area (Å²) in [5, 5.41) is 2.95. The summed E-state index contributed by atoms with van der Waals surface area (Å²) in [6, 6.07) is 0.484. The van der Waals surface area contributed by atoms with Crippen LogP contribution in [-0.4, -0.2) is 24.2 Å². The van der Waals surface area contributed by atoms with Gasteiger partial charge in [0.1, 0.15) is 0 Å². The van der Waals surface area contributed by atoms with Crippen molar-refractivity contribution in [1.29, 1.82) is 0 Å². The lowest BCUT2D eigenvalue weighted by molar-refractivity contribution is -0.139. The quantitative estimate of drug-likeness (QED) is 0.920. The molecule has 1 aromatic rings. The Kier molecular flexibility index (Phi) is 3.82. The van der Waals surface area contributed by atoms with Gasteiger partial charge in [0.2, 0.25) is 0 Å². The lowest BCUT2D eigenvalue weighted by atomic mass is 9.86. The SMILES string of the molecule is CNC(c1cnccc1C(F)(F)F)C1(C)CCCO1. The van der Waals surface area contributed by atoms with Gasteiger partial charge in [-0.15, -0.1) is 0 Å². The third-order valence-corrected chi connectivity index (χ3v) is 3.62. The molecular weight excluding hydrogens is 257 g/mol. The molecular formula is C13H17F3N2O. The van der Waals surface area contributed by atoms with Gasteiger partial charge >= 0.3 is 6.18 Å². The fourth-order valence-electron chi connectivity index (χ4n) is 2.71. The third kappa shape index (κ3) is 2.74. The van der Waals surface area contributed by atoms with E-state index in [4.69, 9.17) is 4.74 Å². The van der Waals surface area contributed by atoms with Crippen molar-refractivity contribution in [3.63, 3.8) is 0 Å². The second-order valence-corrected chi connectivity index (χ2v) is 4.95. The molecule has 2 atom stereocenters. The molecule has 0 amide bonds. The molecule has 0 aromatic carbocycles. The highest BCUT2D eigenvalue weighted by Gasteiger charge is 2.43. The summed E-state index contributed by atoms with van der Waals surface area (Å²) in [5.41, 5.74) is -1.14. The molecule has 3 nitrogen and oxygen atoms in total. The Morgan fingerprint density at radius 2 is 2.21 bits per heavy atom. The molecule has 106 valence electrons. The number of ether oxygens (including phenoxy) is 1. The van der Waals surface area contributed by atoms with Gasteiger partial charge in [-0.05, 0) is 32.9 Å². The zero-order chi connectivity index (χ0) is 14.1. The van der Waals surface area contributed by atoms with E-state index in [0.29, 0.717) is 6.61 Å². The first-order chi connectivity index (χ1) is 8.88. The van der Waals surface area contributed by atoms with Crippen LogP contribution in [0.2, 0.25) is 0 Å². The molecule has 0 radical (unpaired) electrons. The number of hydrogen-bond acceptors (Lipinski definition) is 3. The second kappa shape index (κ2) is 5.09. The van der Waals surface area contributed by atoms with E-state index in [-0.39, 0.29) is 5.56 Å². The molecule has 19 heavy (non-hydrogen) atoms. The summed E-state index contributed by atoms with van der Waals surface area (Å²) in [6.45, 7) is 2.42. The van der Waals surface area contributed by atoms with Crippen molar-refractivity contribution in [3.05, 3.63) is 29.6 Å². The normalized spacial score (nSPS) is 25.5. The molecule has 1 saturated heterocycles. The topological polar surface area (TPSA) is 34.2 Å². The minimum Gasteiger partial charge on any atom is -0.373 e. The van der Waals surface area contributed by atoms with E-state index in [1.165, 1.54) is 6.20 Å². The van der Waals surface area contributed by atoms with E-state index < -0.39 is 23.4 Å². The van der Waals surface area contributed by atoms with Gasteiger partial charge in [-0.1, -0.05) is 0 Å². The van der Waals surface area contributed by atoms with Gasteiger partial charge in [-0.2, -0.15) is 13.2 Å². The number of pyridine rings is 1. The lowest BCUT2D eigenvalue weighted by Crippen LogP contribution is -2.40. The highest BCUT2D eigenvalue weighted by molar-refractivity contribution is 5.31. The van der Waals surface area contributed by atoms with Gasteiger partial charge in [0.15, 0.2) is 0 Å². The summed E-state index contributed by atoms with van der Waals surface area (Å²) in [7, 11) is 1.64. The van der Waals surface area contributed by atoms with Gasteiger partial charge in [0, 0.05) is 24.6 Å². The number of nitrogens with one attached hydrogen (secondary N) is 1. The Balaban J connectivity index is 2.44. The summed E-state index contributed by atoms with van der Waals surface area (Å²) in [5.74, 6) is 0. The van der Waals surface area contributed by atoms with Crippen LogP contribution in [0.4, 0.5) is 13.2 Å². The van der Waals surface area contributed by atoms with Crippen molar-refractivity contribution in [2.75, 3.05) is 13.7 Å². The van der Waals surface area contributed by atoms with Crippen molar-refractivity contribution in [2.24, 2.45) is 0 Å². The van der Waals surface area contributed by atoms with E-state index in [1.807, 2.05) is 6.92 Å². The highest BCUT2D eigenvalue weighted by atomic mass is 19.4. The Labute approximate surface area is 110 Å². The second-order valence-electron chi connectivity index (χ2n) is 4.95. The first-order valence-electron chi connectivity index (χ1n) is 6.21. The van der Waals surface area contributed by atoms with Crippen LogP contribution in [0.25, 0.3) is 0 Å². The Bertz CT molecular complexity index is 442. The monoisotopic (exact) mass is 274 g/mol. The first-order valence-corrected chi connectivity index (χ1v) is 6.21. The Hall–Kier alpha value is -1.14. The van der Waals surface area contributed by atoms with Crippen molar-refractivity contribution in [2.45, 2.75) is 37.6 Å². The number of halogens is 3. The standard InChI is InChI=1S/C13H17F3N2O/c1-12(5-3-7-19-12)11(17-2)9-8-18-6-4-10(9)13(14,15)16/h4,6,8,11,17H,3,5,7H2,1-2H3. The van der Waals surface area contributed by atoms with Crippen LogP contribution in [-0.2, 0) is 10.9 Å². The van der Waals surface area contributed by atoms with Crippen LogP contribution in [0.5, 0.6) is 0 Å². The van der Waals surface area contributed by atoms with Crippen LogP contribution < -0.4 is 5.32 Å². The van der Waals surface area contributed by atoms with Crippen LogP contribution in [0.3, 0.4) is 0 Å². The molecule has 1 aliphatic heterocycles. The highest BCUT2D eigenvalue weighted by Crippen LogP contribution is 2.41. The fraction of sp³-hybridized carbons (Fsp3) is 0.615. The Morgan fingerprint density at radius 1 is 1.47 bits per heavy atom. The largest absolute Gasteiger partial charge is 0.416 e. The van der Waals surface area contributed by atoms with Crippen molar-refractivity contribution >= 4 is 0 Å². The van der Waals surface area contributed by atoms with Crippen molar-refractivity contribution in [1.82, 2.24) is 10.3 Å². The van der Waals surface area contributed by atoms with Gasteiger partial charge in [-0.3, -0.25) is 4.98 Å². The summed E-state index contributed by atoms with van der Waals surface area (Å²) in [4.78, 5) is 3.83. The smallest absolute Gasteiger partial charge is 0.373 e. The van der Waals surface area contributed by atoms with Crippen LogP contribution >= 0.6 is 0 Å². The summed E-state index contributed by atoms with van der Waals surface area (Å²) >= 11 is 0. The van der Waals surface area contributed by atoms with Crippen molar-refractivity contribution < 1.29 is 17.9 Å². The van der Waals surface area contributed by atoms with Gasteiger partial charge in [0.25, 0.3) is 0 Å². The first kappa shape index (κ1) is 14.3. The molecule has 0 spiro atoms. The van der Waals surface area contributed by atoms with E-state index in [1.54, 1.807) is 7.05 Å². The molecule has 0 saturated carbocycles. The predicted octanol–water partition coefficient (Wildman–Crippen LogP) is 2.93. The molecule has 1 N–H and O–H groups in total. The van der Waals surface area contributed by atoms with E-state index in [2.05, 4.69) is 10.3 Å². The number of nitrogens with zero attached hydrogens (tertiary/aromatic N) is 1. The number of rotatable bonds is 3. The Morgan fingerprint density at radius 3 is 2.74 bits per heavy atom. The third-order valence-electron chi connectivity index (χ3n) is 3.62. The maximum absolute atomic E-state index is 13.1. The molecule has 1 aromatic heterocycles. The van der Waals surface area contributed by atoms with Crippen LogP contribution in [0.1, 0.15) is 36.9 Å². The number of aromatic nitrogens is 1. The molecule has 0 aliphatic carbocycles. The number of alkyl halides is 3. The lowest BCUT2D eigenvalue weighted by Gasteiger charge is -2.34. The van der Waals surface area contributed by atoms with E-state index in [0.717, 1.165) is 25.1 Å². The minimum atomic E-state index is -4.39. The molecule has 2 rings (SSSR count). The molecule has 6 heteroatoms. The minimum absolute atomic E-state index is 0.141. The maximum Gasteiger partial charge on any atom is 0.416 e. The van der Waals surface area contributed by atoms with Gasteiger partial charge in [-0.25, -0.2) is 0 Å². The average Bonchev–Trinajstić information content (AvgIpc) is 2.77. The fourth-order valence-corrected chi connectivity index (χ4v) is 2.71. The maximum atomic E-state index is 13.1. The number of likely N-dealkylation sites (N-methyl/N-ethyl adjacent to an activating group) is 1. The molecule has 1 fully saturated rings. The summed E-state index contributed by atoms with van der Waals surface area (Å²) < 4.78 is 44.8. The number of hydrogen-bond donors (Lipinski definition) is 1. The average molecular weight is 274 g/mol. The molecule has 2 unspecified atom stereocenters. The molecule has 0 bridgehead atoms. The zero-order valence-electron chi connectivity index (χ0n) is 10.9. The molecule has 2 heterocycles. The van der Waals surface area contributed by atoms with Crippen LogP contribution in [0, 0.1) is 0 Å². The van der Waals surface area contributed by atoms with Crippen molar-refractivity contribution in [3.8, 4) is 0 Å². The zero-order valence-corrected chi connectivity index (χ0v) is 10.9. The molecule has 1 aliphatic rings. The van der Waals surface area contributed by atoms with Gasteiger partial charge in [0.05, 0.1) is 17.2 Å². The van der Waals surface area contributed by atoms with Crippen LogP contribution in [0.15, 0.2) is 18.5 Å². The van der Waals surface area contributed by atoms with Gasteiger partial charge < -0.3 is 10.1 Å².